The molecule has 1 unspecified atom stereocenters. The third-order valence-corrected chi connectivity index (χ3v) is 4.73. The summed E-state index contributed by atoms with van der Waals surface area (Å²) in [7, 11) is 1.61. The highest BCUT2D eigenvalue weighted by Gasteiger charge is 2.20. The zero-order valence-electron chi connectivity index (χ0n) is 17.1. The third kappa shape index (κ3) is 4.90. The number of nitrogens with one attached hydrogen (secondary N) is 1. The van der Waals surface area contributed by atoms with Crippen LogP contribution in [0.3, 0.4) is 0 Å². The molecular weight excluding hydrogens is 366 g/mol. The highest BCUT2D eigenvalue weighted by Crippen LogP contribution is 2.16. The normalized spacial score (nSPS) is 11.7. The SMILES string of the molecule is COc1cccc(Cc2cc(C)nn(C(C)C(=O)Nc3ccc(C)cc3)c2=O)c1. The minimum Gasteiger partial charge on any atom is -0.497 e. The van der Waals surface area contributed by atoms with Crippen LogP contribution in [0.15, 0.2) is 59.4 Å². The molecule has 0 bridgehead atoms. The van der Waals surface area contributed by atoms with Gasteiger partial charge in [0.1, 0.15) is 11.8 Å². The quantitative estimate of drug-likeness (QED) is 0.696. The van der Waals surface area contributed by atoms with E-state index in [1.54, 1.807) is 20.1 Å². The van der Waals surface area contributed by atoms with E-state index in [-0.39, 0.29) is 11.5 Å². The van der Waals surface area contributed by atoms with Crippen molar-refractivity contribution >= 4 is 11.6 Å². The Balaban J connectivity index is 1.86. The molecule has 0 saturated heterocycles. The topological polar surface area (TPSA) is 73.2 Å². The number of hydrogen-bond donors (Lipinski definition) is 1. The molecule has 29 heavy (non-hydrogen) atoms. The highest BCUT2D eigenvalue weighted by molar-refractivity contribution is 5.93. The van der Waals surface area contributed by atoms with Gasteiger partial charge in [0.25, 0.3) is 5.56 Å². The summed E-state index contributed by atoms with van der Waals surface area (Å²) in [5, 5.41) is 7.15. The van der Waals surface area contributed by atoms with Crippen molar-refractivity contribution in [3.05, 3.63) is 87.3 Å². The molecule has 2 aromatic carbocycles. The first-order valence-corrected chi connectivity index (χ1v) is 9.47. The number of hydrogen-bond acceptors (Lipinski definition) is 4. The minimum atomic E-state index is -0.743. The predicted molar refractivity (Wildman–Crippen MR) is 114 cm³/mol. The van der Waals surface area contributed by atoms with E-state index in [1.165, 1.54) is 4.68 Å². The van der Waals surface area contributed by atoms with E-state index in [1.807, 2.05) is 62.4 Å². The van der Waals surface area contributed by atoms with Crippen molar-refractivity contribution in [2.75, 3.05) is 12.4 Å². The maximum atomic E-state index is 13.0. The van der Waals surface area contributed by atoms with Crippen LogP contribution in [-0.2, 0) is 11.2 Å². The number of anilines is 1. The van der Waals surface area contributed by atoms with Gasteiger partial charge in [-0.3, -0.25) is 9.59 Å². The molecule has 1 heterocycles. The molecular formula is C23H25N3O3. The van der Waals surface area contributed by atoms with Gasteiger partial charge in [0.2, 0.25) is 5.91 Å². The van der Waals surface area contributed by atoms with Crippen LogP contribution in [0.25, 0.3) is 0 Å². The third-order valence-electron chi connectivity index (χ3n) is 4.73. The smallest absolute Gasteiger partial charge is 0.271 e. The summed E-state index contributed by atoms with van der Waals surface area (Å²) in [6.45, 7) is 5.47. The van der Waals surface area contributed by atoms with Gasteiger partial charge in [-0.15, -0.1) is 0 Å². The van der Waals surface area contributed by atoms with E-state index in [2.05, 4.69) is 10.4 Å². The number of rotatable bonds is 6. The fourth-order valence-corrected chi connectivity index (χ4v) is 3.09. The van der Waals surface area contributed by atoms with Crippen molar-refractivity contribution in [3.8, 4) is 5.75 Å². The summed E-state index contributed by atoms with van der Waals surface area (Å²) in [6.07, 6.45) is 0.436. The van der Waals surface area contributed by atoms with E-state index in [4.69, 9.17) is 4.74 Å². The summed E-state index contributed by atoms with van der Waals surface area (Å²) in [6, 6.07) is 16.1. The lowest BCUT2D eigenvalue weighted by atomic mass is 10.1. The molecule has 0 aliphatic carbocycles. The second-order valence-corrected chi connectivity index (χ2v) is 7.12. The molecule has 150 valence electrons. The van der Waals surface area contributed by atoms with E-state index >= 15 is 0 Å². The molecule has 0 aliphatic heterocycles. The Labute approximate surface area is 170 Å². The van der Waals surface area contributed by atoms with Crippen LogP contribution in [0.5, 0.6) is 5.75 Å². The first kappa shape index (κ1) is 20.3. The molecule has 1 aromatic heterocycles. The predicted octanol–water partition coefficient (Wildman–Crippen LogP) is 3.66. The molecule has 1 amide bonds. The summed E-state index contributed by atoms with van der Waals surface area (Å²) in [5.74, 6) is 0.445. The standard InChI is InChI=1S/C23H25N3O3/c1-15-8-10-20(11-9-15)24-22(27)17(3)26-23(28)19(12-16(2)25-26)13-18-6-5-7-21(14-18)29-4/h5-12,14,17H,13H2,1-4H3,(H,24,27). The average molecular weight is 391 g/mol. The maximum Gasteiger partial charge on any atom is 0.271 e. The van der Waals surface area contributed by atoms with Gasteiger partial charge in [0.15, 0.2) is 0 Å². The number of aryl methyl sites for hydroxylation is 2. The fourth-order valence-electron chi connectivity index (χ4n) is 3.09. The molecule has 1 atom stereocenters. The molecule has 0 spiro atoms. The second-order valence-electron chi connectivity index (χ2n) is 7.12. The van der Waals surface area contributed by atoms with Crippen LogP contribution >= 0.6 is 0 Å². The van der Waals surface area contributed by atoms with Gasteiger partial charge in [0, 0.05) is 17.7 Å². The van der Waals surface area contributed by atoms with E-state index in [0.717, 1.165) is 16.9 Å². The Morgan fingerprint density at radius 1 is 1.14 bits per heavy atom. The molecule has 3 rings (SSSR count). The van der Waals surface area contributed by atoms with Crippen molar-refractivity contribution < 1.29 is 9.53 Å². The number of benzene rings is 2. The number of amides is 1. The zero-order valence-corrected chi connectivity index (χ0v) is 17.1. The van der Waals surface area contributed by atoms with Crippen LogP contribution < -0.4 is 15.6 Å². The van der Waals surface area contributed by atoms with Crippen molar-refractivity contribution in [2.24, 2.45) is 0 Å². The van der Waals surface area contributed by atoms with E-state index in [9.17, 15) is 9.59 Å². The lowest BCUT2D eigenvalue weighted by Gasteiger charge is -2.16. The number of carbonyl (C=O) groups excluding carboxylic acids is 1. The molecule has 6 heteroatoms. The molecule has 0 saturated carbocycles. The van der Waals surface area contributed by atoms with Crippen LogP contribution in [0, 0.1) is 13.8 Å². The van der Waals surface area contributed by atoms with Crippen molar-refractivity contribution in [2.45, 2.75) is 33.2 Å². The Morgan fingerprint density at radius 2 is 1.86 bits per heavy atom. The van der Waals surface area contributed by atoms with Crippen molar-refractivity contribution in [3.63, 3.8) is 0 Å². The summed E-state index contributed by atoms with van der Waals surface area (Å²) < 4.78 is 6.51. The fraction of sp³-hybridized carbons (Fsp3) is 0.261. The van der Waals surface area contributed by atoms with Crippen molar-refractivity contribution in [1.29, 1.82) is 0 Å². The maximum absolute atomic E-state index is 13.0. The van der Waals surface area contributed by atoms with Gasteiger partial charge in [-0.05, 0) is 56.7 Å². The largest absolute Gasteiger partial charge is 0.497 e. The van der Waals surface area contributed by atoms with Gasteiger partial charge in [-0.1, -0.05) is 29.8 Å². The lowest BCUT2D eigenvalue weighted by Crippen LogP contribution is -2.35. The van der Waals surface area contributed by atoms with Gasteiger partial charge in [0.05, 0.1) is 12.8 Å². The van der Waals surface area contributed by atoms with Crippen LogP contribution in [0.1, 0.15) is 35.3 Å². The highest BCUT2D eigenvalue weighted by atomic mass is 16.5. The molecule has 0 radical (unpaired) electrons. The minimum absolute atomic E-state index is 0.273. The summed E-state index contributed by atoms with van der Waals surface area (Å²) >= 11 is 0. The van der Waals surface area contributed by atoms with Gasteiger partial charge < -0.3 is 10.1 Å². The van der Waals surface area contributed by atoms with Gasteiger partial charge >= 0.3 is 0 Å². The molecule has 1 N–H and O–H groups in total. The van der Waals surface area contributed by atoms with E-state index in [0.29, 0.717) is 23.4 Å². The Kier molecular flexibility index (Phi) is 6.12. The molecule has 3 aromatic rings. The first-order chi connectivity index (χ1) is 13.9. The second kappa shape index (κ2) is 8.73. The van der Waals surface area contributed by atoms with E-state index < -0.39 is 6.04 Å². The summed E-state index contributed by atoms with van der Waals surface area (Å²) in [5.41, 5.74) is 3.73. The van der Waals surface area contributed by atoms with Crippen molar-refractivity contribution in [1.82, 2.24) is 9.78 Å². The Bertz CT molecular complexity index is 1070. The van der Waals surface area contributed by atoms with Crippen LogP contribution in [0.4, 0.5) is 5.69 Å². The number of aromatic nitrogens is 2. The molecule has 0 aliphatic rings. The molecule has 6 nitrogen and oxygen atoms in total. The summed E-state index contributed by atoms with van der Waals surface area (Å²) in [4.78, 5) is 25.7. The monoisotopic (exact) mass is 391 g/mol. The van der Waals surface area contributed by atoms with Crippen LogP contribution in [0.2, 0.25) is 0 Å². The number of nitrogens with zero attached hydrogens (tertiary/aromatic N) is 2. The Hall–Kier alpha value is -3.41. The Morgan fingerprint density at radius 3 is 2.55 bits per heavy atom. The molecule has 0 fully saturated rings. The lowest BCUT2D eigenvalue weighted by molar-refractivity contribution is -0.119. The zero-order chi connectivity index (χ0) is 21.0. The van der Waals surface area contributed by atoms with Gasteiger partial charge in [-0.2, -0.15) is 5.10 Å². The number of methoxy groups -OCH3 is 1. The number of ether oxygens (including phenoxy) is 1. The average Bonchev–Trinajstić information content (AvgIpc) is 2.71. The first-order valence-electron chi connectivity index (χ1n) is 9.47. The van der Waals surface area contributed by atoms with Crippen LogP contribution in [-0.4, -0.2) is 22.8 Å². The van der Waals surface area contributed by atoms with Gasteiger partial charge in [-0.25, -0.2) is 4.68 Å². The number of carbonyl (C=O) groups is 1.